The summed E-state index contributed by atoms with van der Waals surface area (Å²) < 4.78 is 37.9. The van der Waals surface area contributed by atoms with Crippen LogP contribution in [0.1, 0.15) is 36.5 Å². The number of hydrogen-bond acceptors (Lipinski definition) is 6. The number of unbranched alkanes of at least 4 members (excludes halogenated alkanes) is 1. The Morgan fingerprint density at radius 3 is 2.26 bits per heavy atom. The normalized spacial score (nSPS) is 11.8. The van der Waals surface area contributed by atoms with Gasteiger partial charge in [-0.2, -0.15) is 0 Å². The summed E-state index contributed by atoms with van der Waals surface area (Å²) in [5, 5.41) is 2.99. The lowest BCUT2D eigenvalue weighted by Crippen LogP contribution is -2.53. The summed E-state index contributed by atoms with van der Waals surface area (Å²) in [5.74, 6) is -0.102. The molecule has 0 heterocycles. The van der Waals surface area contributed by atoms with Crippen molar-refractivity contribution in [3.05, 3.63) is 89.5 Å². The van der Waals surface area contributed by atoms with Gasteiger partial charge in [-0.3, -0.25) is 13.9 Å². The number of nitrogens with zero attached hydrogens (tertiary/aromatic N) is 2. The Hall–Kier alpha value is -4.05. The van der Waals surface area contributed by atoms with Crippen LogP contribution in [0.4, 0.5) is 5.69 Å². The van der Waals surface area contributed by atoms with Gasteiger partial charge in [0.2, 0.25) is 21.8 Å². The van der Waals surface area contributed by atoms with E-state index in [9.17, 15) is 18.0 Å². The van der Waals surface area contributed by atoms with Crippen molar-refractivity contribution in [1.29, 1.82) is 0 Å². The van der Waals surface area contributed by atoms with Gasteiger partial charge in [-0.25, -0.2) is 8.42 Å². The lowest BCUT2D eigenvalue weighted by atomic mass is 10.0. The van der Waals surface area contributed by atoms with Crippen LogP contribution in [0.15, 0.2) is 72.8 Å². The van der Waals surface area contributed by atoms with E-state index in [4.69, 9.17) is 9.47 Å². The molecule has 0 aromatic heterocycles. The molecule has 0 spiro atoms. The molecule has 0 aliphatic rings. The number of carbonyl (C=O) groups is 2. The number of methoxy groups -OCH3 is 2. The second-order valence-corrected chi connectivity index (χ2v) is 12.0. The van der Waals surface area contributed by atoms with Crippen molar-refractivity contribution in [2.45, 2.75) is 45.7 Å². The zero-order chi connectivity index (χ0) is 30.7. The van der Waals surface area contributed by atoms with E-state index in [0.717, 1.165) is 40.1 Å². The van der Waals surface area contributed by atoms with Crippen LogP contribution in [0.5, 0.6) is 11.5 Å². The number of nitrogens with one attached hydrogen (secondary N) is 1. The summed E-state index contributed by atoms with van der Waals surface area (Å²) in [7, 11) is -1.03. The predicted molar refractivity (Wildman–Crippen MR) is 165 cm³/mol. The van der Waals surface area contributed by atoms with Crippen molar-refractivity contribution < 1.29 is 27.5 Å². The second kappa shape index (κ2) is 15.3. The molecule has 226 valence electrons. The van der Waals surface area contributed by atoms with Crippen LogP contribution in [-0.2, 0) is 32.6 Å². The Kier molecular flexibility index (Phi) is 11.8. The van der Waals surface area contributed by atoms with E-state index in [-0.39, 0.29) is 30.3 Å². The zero-order valence-electron chi connectivity index (χ0n) is 25.0. The maximum absolute atomic E-state index is 14.3. The van der Waals surface area contributed by atoms with Gasteiger partial charge in [0.25, 0.3) is 0 Å². The topological polar surface area (TPSA) is 105 Å². The Labute approximate surface area is 249 Å². The number of amides is 2. The van der Waals surface area contributed by atoms with Crippen LogP contribution in [0.3, 0.4) is 0 Å². The molecule has 0 saturated carbocycles. The lowest BCUT2D eigenvalue weighted by molar-refractivity contribution is -0.140. The number of hydrogen-bond donors (Lipinski definition) is 1. The van der Waals surface area contributed by atoms with Gasteiger partial charge in [0.1, 0.15) is 24.1 Å². The van der Waals surface area contributed by atoms with E-state index >= 15 is 0 Å². The van der Waals surface area contributed by atoms with E-state index in [1.165, 1.54) is 25.2 Å². The van der Waals surface area contributed by atoms with Gasteiger partial charge in [0.15, 0.2) is 0 Å². The van der Waals surface area contributed by atoms with Crippen molar-refractivity contribution >= 4 is 27.5 Å². The highest BCUT2D eigenvalue weighted by Gasteiger charge is 2.34. The molecule has 1 N–H and O–H groups in total. The third-order valence-corrected chi connectivity index (χ3v) is 8.16. The maximum Gasteiger partial charge on any atom is 0.244 e. The third kappa shape index (κ3) is 8.72. The molecule has 0 fully saturated rings. The standard InChI is InChI=1S/C32H41N3O6S/c1-6-7-19-33-32(37)29(20-25-14-9-8-10-15-25)34(22-26-16-12-11-13-24(26)2)31(36)23-35(42(5,38)39)28-18-17-27(40-3)21-30(28)41-4/h8-18,21,29H,6-7,19-20,22-23H2,1-5H3,(H,33,37)/t29-/m0/s1. The molecule has 0 aliphatic carbocycles. The van der Waals surface area contributed by atoms with Crippen molar-refractivity contribution in [2.75, 3.05) is 37.9 Å². The van der Waals surface area contributed by atoms with Gasteiger partial charge in [-0.1, -0.05) is 67.9 Å². The summed E-state index contributed by atoms with van der Waals surface area (Å²) in [4.78, 5) is 29.4. The van der Waals surface area contributed by atoms with Crippen LogP contribution in [0.2, 0.25) is 0 Å². The first-order valence-corrected chi connectivity index (χ1v) is 15.8. The molecule has 0 bridgehead atoms. The van der Waals surface area contributed by atoms with E-state index in [2.05, 4.69) is 5.32 Å². The molecule has 3 aromatic rings. The van der Waals surface area contributed by atoms with Crippen LogP contribution >= 0.6 is 0 Å². The highest BCUT2D eigenvalue weighted by Crippen LogP contribution is 2.34. The minimum Gasteiger partial charge on any atom is -0.497 e. The average Bonchev–Trinajstić information content (AvgIpc) is 2.98. The molecule has 42 heavy (non-hydrogen) atoms. The van der Waals surface area contributed by atoms with Crippen molar-refractivity contribution in [1.82, 2.24) is 10.2 Å². The van der Waals surface area contributed by atoms with Crippen LogP contribution < -0.4 is 19.1 Å². The average molecular weight is 596 g/mol. The van der Waals surface area contributed by atoms with Crippen molar-refractivity contribution in [3.8, 4) is 11.5 Å². The number of rotatable bonds is 15. The molecule has 3 aromatic carbocycles. The molecule has 0 unspecified atom stereocenters. The van der Waals surface area contributed by atoms with Gasteiger partial charge in [-0.05, 0) is 42.2 Å². The van der Waals surface area contributed by atoms with E-state index in [0.29, 0.717) is 12.3 Å². The summed E-state index contributed by atoms with van der Waals surface area (Å²) in [6.07, 6.45) is 3.01. The van der Waals surface area contributed by atoms with Gasteiger partial charge >= 0.3 is 0 Å². The number of aryl methyl sites for hydroxylation is 1. The monoisotopic (exact) mass is 595 g/mol. The van der Waals surface area contributed by atoms with Crippen LogP contribution in [-0.4, -0.2) is 64.7 Å². The van der Waals surface area contributed by atoms with E-state index in [1.54, 1.807) is 12.1 Å². The lowest BCUT2D eigenvalue weighted by Gasteiger charge is -2.34. The largest absolute Gasteiger partial charge is 0.497 e. The predicted octanol–water partition coefficient (Wildman–Crippen LogP) is 4.33. The molecule has 10 heteroatoms. The van der Waals surface area contributed by atoms with E-state index < -0.39 is 28.5 Å². The zero-order valence-corrected chi connectivity index (χ0v) is 25.8. The second-order valence-electron chi connectivity index (χ2n) is 10.1. The first kappa shape index (κ1) is 32.5. The summed E-state index contributed by atoms with van der Waals surface area (Å²) in [6.45, 7) is 4.05. The van der Waals surface area contributed by atoms with Crippen LogP contribution in [0, 0.1) is 6.92 Å². The number of benzene rings is 3. The van der Waals surface area contributed by atoms with Gasteiger partial charge in [0.05, 0.1) is 26.2 Å². The quantitative estimate of drug-likeness (QED) is 0.262. The summed E-state index contributed by atoms with van der Waals surface area (Å²) in [5.41, 5.74) is 2.89. The van der Waals surface area contributed by atoms with Gasteiger partial charge in [0, 0.05) is 25.6 Å². The number of anilines is 1. The highest BCUT2D eigenvalue weighted by atomic mass is 32.2. The maximum atomic E-state index is 14.3. The first-order valence-electron chi connectivity index (χ1n) is 13.9. The first-order chi connectivity index (χ1) is 20.1. The smallest absolute Gasteiger partial charge is 0.244 e. The third-order valence-electron chi connectivity index (χ3n) is 7.04. The molecule has 0 radical (unpaired) electrons. The fraction of sp³-hybridized carbons (Fsp3) is 0.375. The summed E-state index contributed by atoms with van der Waals surface area (Å²) >= 11 is 0. The van der Waals surface area contributed by atoms with Crippen molar-refractivity contribution in [2.24, 2.45) is 0 Å². The molecule has 0 aliphatic heterocycles. The van der Waals surface area contributed by atoms with Gasteiger partial charge < -0.3 is 19.7 Å². The van der Waals surface area contributed by atoms with E-state index in [1.807, 2.05) is 68.4 Å². The van der Waals surface area contributed by atoms with Gasteiger partial charge in [-0.15, -0.1) is 0 Å². The minimum atomic E-state index is -3.94. The molecule has 1 atom stereocenters. The molecule has 2 amide bonds. The Morgan fingerprint density at radius 2 is 1.64 bits per heavy atom. The molecule has 3 rings (SSSR count). The molecular formula is C32H41N3O6S. The minimum absolute atomic E-state index is 0.127. The number of carbonyl (C=O) groups excluding carboxylic acids is 2. The fourth-order valence-corrected chi connectivity index (χ4v) is 5.47. The Morgan fingerprint density at radius 1 is 0.952 bits per heavy atom. The van der Waals surface area contributed by atoms with Crippen molar-refractivity contribution in [3.63, 3.8) is 0 Å². The molecule has 0 saturated heterocycles. The number of ether oxygens (including phenoxy) is 2. The Bertz CT molecular complexity index is 1450. The Balaban J connectivity index is 2.08. The molecular weight excluding hydrogens is 554 g/mol. The SMILES string of the molecule is CCCCNC(=O)[C@H](Cc1ccccc1)N(Cc1ccccc1C)C(=O)CN(c1ccc(OC)cc1OC)S(C)(=O)=O. The summed E-state index contributed by atoms with van der Waals surface area (Å²) in [6, 6.07) is 20.9. The molecule has 9 nitrogen and oxygen atoms in total. The number of sulfonamides is 1. The fourth-order valence-electron chi connectivity index (χ4n) is 4.62. The highest BCUT2D eigenvalue weighted by molar-refractivity contribution is 7.92. The van der Waals surface area contributed by atoms with Crippen LogP contribution in [0.25, 0.3) is 0 Å².